The van der Waals surface area contributed by atoms with Gasteiger partial charge in [-0.2, -0.15) is 0 Å². The maximum atomic E-state index is 11.4. The van der Waals surface area contributed by atoms with Crippen molar-refractivity contribution in [2.75, 3.05) is 13.7 Å². The number of aromatic nitrogens is 1. The van der Waals surface area contributed by atoms with Crippen molar-refractivity contribution in [3.05, 3.63) is 40.6 Å². The Balaban J connectivity index is 2.57. The number of ether oxygens (including phenoxy) is 2. The van der Waals surface area contributed by atoms with Crippen molar-refractivity contribution < 1.29 is 14.3 Å². The van der Waals surface area contributed by atoms with Gasteiger partial charge in [0.25, 0.3) is 0 Å². The van der Waals surface area contributed by atoms with E-state index in [-0.39, 0.29) is 0 Å². The van der Waals surface area contributed by atoms with Gasteiger partial charge in [0.2, 0.25) is 0 Å². The molecule has 21 heavy (non-hydrogen) atoms. The van der Waals surface area contributed by atoms with E-state index < -0.39 is 5.97 Å². The second kappa shape index (κ2) is 6.59. The molecule has 1 heterocycles. The second-order valence-electron chi connectivity index (χ2n) is 4.44. The summed E-state index contributed by atoms with van der Waals surface area (Å²) in [5, 5.41) is 1.36. The summed E-state index contributed by atoms with van der Waals surface area (Å²) < 4.78 is 10.2. The molecule has 0 radical (unpaired) electrons. The summed E-state index contributed by atoms with van der Waals surface area (Å²) in [5.41, 5.74) is 2.30. The largest absolute Gasteiger partial charge is 0.496 e. The number of benzene rings is 1. The molecule has 0 atom stereocenters. The number of pyridine rings is 1. The number of fused-ring (bicyclic) bond motifs is 1. The van der Waals surface area contributed by atoms with Crippen LogP contribution in [0.3, 0.4) is 0 Å². The molecule has 1 aromatic carbocycles. The molecule has 1 aromatic heterocycles. The third kappa shape index (κ3) is 3.52. The molecule has 0 saturated heterocycles. The average Bonchev–Trinajstić information content (AvgIpc) is 2.45. The lowest BCUT2D eigenvalue weighted by Crippen LogP contribution is -1.99. The molecule has 0 amide bonds. The number of halogens is 1. The predicted molar refractivity (Wildman–Crippen MR) is 83.7 cm³/mol. The Morgan fingerprint density at radius 3 is 2.81 bits per heavy atom. The SMILES string of the molecule is CCOC(=O)/C=C/c1cc(Cl)cc2c(OC)cc(C)nc12. The van der Waals surface area contributed by atoms with Gasteiger partial charge in [0, 0.05) is 33.8 Å². The van der Waals surface area contributed by atoms with Crippen LogP contribution in [0.2, 0.25) is 5.02 Å². The van der Waals surface area contributed by atoms with Crippen molar-refractivity contribution in [3.8, 4) is 5.75 Å². The van der Waals surface area contributed by atoms with E-state index in [1.54, 1.807) is 32.2 Å². The molecule has 0 saturated carbocycles. The summed E-state index contributed by atoms with van der Waals surface area (Å²) in [5.74, 6) is 0.302. The minimum absolute atomic E-state index is 0.338. The predicted octanol–water partition coefficient (Wildman–Crippen LogP) is 3.78. The number of methoxy groups -OCH3 is 1. The van der Waals surface area contributed by atoms with Crippen molar-refractivity contribution in [3.63, 3.8) is 0 Å². The highest BCUT2D eigenvalue weighted by Crippen LogP contribution is 2.31. The first-order chi connectivity index (χ1) is 10.0. The van der Waals surface area contributed by atoms with Crippen LogP contribution in [-0.4, -0.2) is 24.7 Å². The Hall–Kier alpha value is -2.07. The van der Waals surface area contributed by atoms with E-state index in [9.17, 15) is 4.79 Å². The third-order valence-electron chi connectivity index (χ3n) is 2.90. The fourth-order valence-corrected chi connectivity index (χ4v) is 2.28. The van der Waals surface area contributed by atoms with Gasteiger partial charge in [-0.3, -0.25) is 4.98 Å². The minimum Gasteiger partial charge on any atom is -0.496 e. The lowest BCUT2D eigenvalue weighted by Gasteiger charge is -2.09. The first-order valence-electron chi connectivity index (χ1n) is 6.55. The number of carbonyl (C=O) groups is 1. The molecule has 0 spiro atoms. The van der Waals surface area contributed by atoms with Crippen LogP contribution in [0.4, 0.5) is 0 Å². The number of nitrogens with zero attached hydrogens (tertiary/aromatic N) is 1. The number of aryl methyl sites for hydroxylation is 1. The Morgan fingerprint density at radius 1 is 1.38 bits per heavy atom. The maximum Gasteiger partial charge on any atom is 0.330 e. The molecule has 0 N–H and O–H groups in total. The number of hydrogen-bond acceptors (Lipinski definition) is 4. The molecule has 2 aromatic rings. The average molecular weight is 306 g/mol. The molecule has 0 fully saturated rings. The Morgan fingerprint density at radius 2 is 2.14 bits per heavy atom. The molecule has 0 aliphatic rings. The van der Waals surface area contributed by atoms with Crippen LogP contribution in [-0.2, 0) is 9.53 Å². The van der Waals surface area contributed by atoms with Gasteiger partial charge in [-0.25, -0.2) is 4.79 Å². The van der Waals surface area contributed by atoms with E-state index in [2.05, 4.69) is 4.98 Å². The zero-order valence-electron chi connectivity index (χ0n) is 12.1. The van der Waals surface area contributed by atoms with E-state index in [1.807, 2.05) is 13.0 Å². The van der Waals surface area contributed by atoms with Crippen molar-refractivity contribution in [1.82, 2.24) is 4.98 Å². The Kier molecular flexibility index (Phi) is 4.81. The van der Waals surface area contributed by atoms with E-state index in [1.165, 1.54) is 6.08 Å². The van der Waals surface area contributed by atoms with Gasteiger partial charge < -0.3 is 9.47 Å². The van der Waals surface area contributed by atoms with E-state index in [4.69, 9.17) is 21.1 Å². The Bertz CT molecular complexity index is 710. The normalized spacial score (nSPS) is 11.0. The molecule has 0 unspecified atom stereocenters. The molecular weight excluding hydrogens is 290 g/mol. The van der Waals surface area contributed by atoms with Gasteiger partial charge >= 0.3 is 5.97 Å². The van der Waals surface area contributed by atoms with E-state index in [0.29, 0.717) is 17.4 Å². The maximum absolute atomic E-state index is 11.4. The quantitative estimate of drug-likeness (QED) is 0.637. The molecule has 5 heteroatoms. The van der Waals surface area contributed by atoms with Gasteiger partial charge in [0.15, 0.2) is 0 Å². The van der Waals surface area contributed by atoms with Crippen LogP contribution in [0.25, 0.3) is 17.0 Å². The first-order valence-corrected chi connectivity index (χ1v) is 6.92. The van der Waals surface area contributed by atoms with Crippen LogP contribution in [0.5, 0.6) is 5.75 Å². The first kappa shape index (κ1) is 15.3. The van der Waals surface area contributed by atoms with E-state index in [0.717, 1.165) is 22.2 Å². The zero-order valence-corrected chi connectivity index (χ0v) is 12.9. The summed E-state index contributed by atoms with van der Waals surface area (Å²) >= 11 is 6.14. The smallest absolute Gasteiger partial charge is 0.330 e. The topological polar surface area (TPSA) is 48.4 Å². The fraction of sp³-hybridized carbons (Fsp3) is 0.250. The van der Waals surface area contributed by atoms with Gasteiger partial charge in [-0.15, -0.1) is 0 Å². The zero-order chi connectivity index (χ0) is 15.4. The summed E-state index contributed by atoms with van der Waals surface area (Å²) in [6.07, 6.45) is 3.02. The van der Waals surface area contributed by atoms with E-state index >= 15 is 0 Å². The highest BCUT2D eigenvalue weighted by molar-refractivity contribution is 6.31. The minimum atomic E-state index is -0.398. The molecular formula is C16H16ClNO3. The van der Waals surface area contributed by atoms with Gasteiger partial charge in [0.05, 0.1) is 19.2 Å². The highest BCUT2D eigenvalue weighted by atomic mass is 35.5. The monoisotopic (exact) mass is 305 g/mol. The van der Waals surface area contributed by atoms with Crippen LogP contribution < -0.4 is 4.74 Å². The summed E-state index contributed by atoms with van der Waals surface area (Å²) in [7, 11) is 1.60. The van der Waals surface area contributed by atoms with Crippen molar-refractivity contribution in [2.24, 2.45) is 0 Å². The molecule has 0 aliphatic heterocycles. The van der Waals surface area contributed by atoms with Crippen molar-refractivity contribution in [2.45, 2.75) is 13.8 Å². The lowest BCUT2D eigenvalue weighted by atomic mass is 10.1. The standard InChI is InChI=1S/C16H16ClNO3/c1-4-21-15(19)6-5-11-8-12(17)9-13-14(20-3)7-10(2)18-16(11)13/h5-9H,4H2,1-3H3/b6-5+. The van der Waals surface area contributed by atoms with Crippen molar-refractivity contribution in [1.29, 1.82) is 0 Å². The lowest BCUT2D eigenvalue weighted by molar-refractivity contribution is -0.137. The fourth-order valence-electron chi connectivity index (χ4n) is 2.05. The molecule has 2 rings (SSSR count). The number of esters is 1. The summed E-state index contributed by atoms with van der Waals surface area (Å²) in [6, 6.07) is 5.40. The van der Waals surface area contributed by atoms with Crippen LogP contribution in [0.1, 0.15) is 18.2 Å². The summed E-state index contributed by atoms with van der Waals surface area (Å²) in [4.78, 5) is 15.9. The van der Waals surface area contributed by atoms with Crippen LogP contribution >= 0.6 is 11.6 Å². The Labute approximate surface area is 128 Å². The highest BCUT2D eigenvalue weighted by Gasteiger charge is 2.09. The second-order valence-corrected chi connectivity index (χ2v) is 4.88. The third-order valence-corrected chi connectivity index (χ3v) is 3.12. The van der Waals surface area contributed by atoms with Crippen LogP contribution in [0, 0.1) is 6.92 Å². The molecule has 110 valence electrons. The molecule has 4 nitrogen and oxygen atoms in total. The number of rotatable bonds is 4. The number of hydrogen-bond donors (Lipinski definition) is 0. The molecule has 0 bridgehead atoms. The van der Waals surface area contributed by atoms with Crippen LogP contribution in [0.15, 0.2) is 24.3 Å². The van der Waals surface area contributed by atoms with Gasteiger partial charge in [0.1, 0.15) is 5.75 Å². The van der Waals surface area contributed by atoms with Gasteiger partial charge in [-0.1, -0.05) is 11.6 Å². The van der Waals surface area contributed by atoms with Crippen molar-refractivity contribution >= 4 is 34.5 Å². The van der Waals surface area contributed by atoms with Gasteiger partial charge in [-0.05, 0) is 32.1 Å². The summed E-state index contributed by atoms with van der Waals surface area (Å²) in [6.45, 7) is 3.98. The molecule has 0 aliphatic carbocycles. The number of carbonyl (C=O) groups excluding carboxylic acids is 1.